The first-order valence-corrected chi connectivity index (χ1v) is 42.2. The number of imidazole rings is 3. The first kappa shape index (κ1) is 78.8. The van der Waals surface area contributed by atoms with E-state index in [4.69, 9.17) is 87.5 Å². The van der Waals surface area contributed by atoms with Gasteiger partial charge in [-0.3, -0.25) is 24.5 Å². The van der Waals surface area contributed by atoms with E-state index >= 15 is 0 Å². The van der Waals surface area contributed by atoms with Gasteiger partial charge in [0, 0.05) is 100 Å². The van der Waals surface area contributed by atoms with Crippen molar-refractivity contribution in [3.8, 4) is 68.5 Å². The number of fused-ring (bicyclic) bond motifs is 4. The van der Waals surface area contributed by atoms with Gasteiger partial charge in [-0.2, -0.15) is 0 Å². The fourth-order valence-electron chi connectivity index (χ4n) is 18.8. The van der Waals surface area contributed by atoms with Crippen molar-refractivity contribution in [2.24, 2.45) is 35.5 Å². The summed E-state index contributed by atoms with van der Waals surface area (Å²) in [5, 5.41) is 18.1. The molecule has 0 unspecified atom stereocenters. The average Bonchev–Trinajstić information content (AvgIpc) is 1.59. The topological polar surface area (TPSA) is 336 Å². The van der Waals surface area contributed by atoms with Crippen LogP contribution in [0.15, 0.2) is 101 Å². The molecule has 4 saturated carbocycles. The van der Waals surface area contributed by atoms with E-state index in [1.807, 2.05) is 24.3 Å². The molecule has 29 nitrogen and oxygen atoms in total. The van der Waals surface area contributed by atoms with Gasteiger partial charge in [-0.15, -0.1) is 10.2 Å². The molecular weight excluding hydrogens is 1540 g/mol. The SMILES string of the molecule is CC1CCC(Cn2c(N3CCC[C@H]3CF)nc3cc(-c4n[nH]c(=O)o4)nc(-c4cncc(Cl)c4)c32)CC1.CC1CCC(Cn2c(N3CCO[C@H]4CCC[C@@H]43)nc3cc(-c4noc(=O)[nH]4)nc(-c4cncc(Cl)c4)c32)CC1.COC(C)(C)[C@@H]1CCCN1c1nc2cc(-c3n[nH]c(=O)o3)nc(-c3cncc(Cl)c3)c2n1CC1CCC(C)CC1. The number of anilines is 3. The molecule has 610 valence electrons. The van der Waals surface area contributed by atoms with Crippen molar-refractivity contribution in [1.82, 2.24) is 89.1 Å². The summed E-state index contributed by atoms with van der Waals surface area (Å²) in [6, 6.07) is 11.3. The number of alkyl halides is 1. The summed E-state index contributed by atoms with van der Waals surface area (Å²) < 4.78 is 48.4. The van der Waals surface area contributed by atoms with Crippen molar-refractivity contribution in [3.63, 3.8) is 0 Å². The summed E-state index contributed by atoms with van der Waals surface area (Å²) in [4.78, 5) is 88.2. The third kappa shape index (κ3) is 16.4. The first-order valence-electron chi connectivity index (χ1n) is 41.0. The second-order valence-corrected chi connectivity index (χ2v) is 34.8. The van der Waals surface area contributed by atoms with Gasteiger partial charge in [-0.05, 0) is 169 Å². The predicted molar refractivity (Wildman–Crippen MR) is 442 cm³/mol. The van der Waals surface area contributed by atoms with Gasteiger partial charge in [0.25, 0.3) is 11.8 Å². The Balaban J connectivity index is 0.000000125. The van der Waals surface area contributed by atoms with Crippen molar-refractivity contribution in [3.05, 3.63) is 120 Å². The minimum atomic E-state index is -0.663. The summed E-state index contributed by atoms with van der Waals surface area (Å²) in [6.07, 6.45) is 31.9. The summed E-state index contributed by atoms with van der Waals surface area (Å²) in [7, 11) is 1.78. The quantitative estimate of drug-likeness (QED) is 0.0718. The van der Waals surface area contributed by atoms with Gasteiger partial charge in [0.15, 0.2) is 0 Å². The van der Waals surface area contributed by atoms with Crippen LogP contribution in [0, 0.1) is 35.5 Å². The van der Waals surface area contributed by atoms with Crippen molar-refractivity contribution in [2.75, 3.05) is 54.7 Å². The van der Waals surface area contributed by atoms with Crippen LogP contribution in [0.5, 0.6) is 0 Å². The molecule has 12 aromatic rings. The number of aromatic nitrogens is 18. The van der Waals surface area contributed by atoms with Crippen LogP contribution in [0.25, 0.3) is 102 Å². The van der Waals surface area contributed by atoms with Gasteiger partial charge < -0.3 is 46.7 Å². The molecule has 12 aromatic heterocycles. The van der Waals surface area contributed by atoms with Crippen LogP contribution in [0.2, 0.25) is 15.1 Å². The Morgan fingerprint density at radius 3 is 1.37 bits per heavy atom. The highest BCUT2D eigenvalue weighted by atomic mass is 35.5. The molecule has 19 rings (SSSR count). The van der Waals surface area contributed by atoms with E-state index in [-0.39, 0.29) is 41.4 Å². The van der Waals surface area contributed by atoms with E-state index in [0.29, 0.717) is 90.7 Å². The lowest BCUT2D eigenvalue weighted by atomic mass is 9.83. The normalized spacial score (nSPS) is 23.2. The monoisotopic (exact) mass is 1640 g/mol. The number of morpholine rings is 1. The molecule has 3 N–H and O–H groups in total. The van der Waals surface area contributed by atoms with Crippen LogP contribution in [0.1, 0.15) is 157 Å². The zero-order valence-electron chi connectivity index (χ0n) is 66.1. The molecule has 4 atom stereocenters. The Bertz CT molecular complexity index is 5690. The van der Waals surface area contributed by atoms with Gasteiger partial charge in [0.2, 0.25) is 23.7 Å². The third-order valence-corrected chi connectivity index (χ3v) is 25.8. The number of nitrogens with one attached hydrogen (secondary N) is 3. The van der Waals surface area contributed by atoms with Gasteiger partial charge in [-0.25, -0.2) is 58.9 Å². The van der Waals surface area contributed by atoms with Crippen LogP contribution >= 0.6 is 34.8 Å². The summed E-state index contributed by atoms with van der Waals surface area (Å²) in [5.74, 6) is 5.04. The maximum absolute atomic E-state index is 14.0. The maximum Gasteiger partial charge on any atom is 0.439 e. The number of ether oxygens (including phenoxy) is 2. The van der Waals surface area contributed by atoms with Gasteiger partial charge in [0.1, 0.15) is 23.8 Å². The van der Waals surface area contributed by atoms with Gasteiger partial charge in [0.05, 0.1) is 102 Å². The van der Waals surface area contributed by atoms with Crippen LogP contribution in [-0.4, -0.2) is 159 Å². The Hall–Kier alpha value is -9.75. The lowest BCUT2D eigenvalue weighted by Crippen LogP contribution is -2.49. The molecule has 33 heteroatoms. The van der Waals surface area contributed by atoms with Crippen molar-refractivity contribution >= 4 is 85.7 Å². The van der Waals surface area contributed by atoms with E-state index < -0.39 is 23.9 Å². The minimum absolute atomic E-state index is 0.0725. The zero-order valence-corrected chi connectivity index (χ0v) is 68.4. The molecule has 0 aromatic carbocycles. The number of methoxy groups -OCH3 is 1. The Labute approximate surface area is 683 Å². The van der Waals surface area contributed by atoms with E-state index in [1.54, 1.807) is 56.4 Å². The summed E-state index contributed by atoms with van der Waals surface area (Å²) >= 11 is 19.1. The Morgan fingerprint density at radius 1 is 0.500 bits per heavy atom. The molecule has 7 aliphatic rings. The molecule has 0 bridgehead atoms. The van der Waals surface area contributed by atoms with Gasteiger partial charge in [-0.1, -0.05) is 99.3 Å². The molecule has 0 amide bonds. The largest absolute Gasteiger partial charge is 0.439 e. The maximum atomic E-state index is 14.0. The third-order valence-electron chi connectivity index (χ3n) is 25.2. The number of nitrogens with zero attached hydrogens (tertiary/aromatic N) is 18. The zero-order chi connectivity index (χ0) is 80.0. The highest BCUT2D eigenvalue weighted by molar-refractivity contribution is 6.31. The highest BCUT2D eigenvalue weighted by Crippen LogP contribution is 2.45. The molecule has 0 spiro atoms. The van der Waals surface area contributed by atoms with E-state index in [1.165, 1.54) is 64.2 Å². The number of H-pyrrole nitrogens is 3. The van der Waals surface area contributed by atoms with Crippen molar-refractivity contribution in [2.45, 2.75) is 206 Å². The van der Waals surface area contributed by atoms with E-state index in [9.17, 15) is 18.8 Å². The fourth-order valence-corrected chi connectivity index (χ4v) is 19.3. The predicted octanol–water partition coefficient (Wildman–Crippen LogP) is 16.0. The number of pyridine rings is 6. The van der Waals surface area contributed by atoms with E-state index in [0.717, 1.165) is 171 Å². The lowest BCUT2D eigenvalue weighted by Gasteiger charge is -2.39. The summed E-state index contributed by atoms with van der Waals surface area (Å²) in [5.41, 5.74) is 10.1. The standard InChI is InChI=1S/C29H36ClN7O3.C28H32ClN7O3.C26H29ClFN7O2/c1-17-7-9-18(10-8-17)16-37-25-21(33-27(37)36-11-5-6-23(36)29(2,3)39-4)13-22(26-34-35-28(38)40-26)32-24(25)19-12-20(30)15-31-14-19;1-16-5-7-17(8-6-16)15-36-25-20(32-27(36)35-9-10-38-23-4-2-3-22(23)35)12-21(26-33-28(37)39-34-26)31-24(25)18-11-19(29)14-30-13-18;1-15-4-6-16(7-5-15)14-35-23-20(31-25(35)34-8-2-3-19(34)11-28)10-21(24-32-33-26(36)37-24)30-22(23)17-9-18(27)13-29-12-17/h12-15,17-18,23H,5-11,16H2,1-4H3,(H,35,38);11-14,16-17,22-23H,2-10,15H2,1H3,(H,33,34,37);9-10,12-13,15-16,19H,2-8,11,14H2,1H3,(H,33,36)/t17?,18?,23-;16?,17?,22-,23-;15?,16?,19-/m000/s1. The van der Waals surface area contributed by atoms with Crippen molar-refractivity contribution in [1.29, 1.82) is 0 Å². The van der Waals surface area contributed by atoms with Crippen LogP contribution in [0.4, 0.5) is 22.2 Å². The van der Waals surface area contributed by atoms with Crippen LogP contribution < -0.4 is 32.0 Å². The smallest absolute Gasteiger partial charge is 0.386 e. The molecule has 3 saturated heterocycles. The molecule has 116 heavy (non-hydrogen) atoms. The lowest BCUT2D eigenvalue weighted by molar-refractivity contribution is 0.00150. The fraction of sp³-hybridized carbons (Fsp3) is 0.530. The van der Waals surface area contributed by atoms with E-state index in [2.05, 4.69) is 109 Å². The second-order valence-electron chi connectivity index (χ2n) is 33.5. The number of rotatable bonds is 18. The minimum Gasteiger partial charge on any atom is -0.386 e. The molecule has 15 heterocycles. The number of halogens is 4. The highest BCUT2D eigenvalue weighted by Gasteiger charge is 2.43. The molecule has 7 fully saturated rings. The summed E-state index contributed by atoms with van der Waals surface area (Å²) in [6.45, 7) is 16.5. The van der Waals surface area contributed by atoms with Crippen LogP contribution in [-0.2, 0) is 29.1 Å². The second kappa shape index (κ2) is 33.7. The number of aromatic amines is 3. The number of hydrogen-bond acceptors (Lipinski definition) is 23. The Kier molecular flexibility index (Phi) is 22.9. The van der Waals surface area contributed by atoms with Gasteiger partial charge >= 0.3 is 17.3 Å². The molecule has 3 aliphatic heterocycles. The molecule has 0 radical (unpaired) electrons. The number of hydrogen-bond donors (Lipinski definition) is 3. The molecular formula is C83H97Cl3FN21O8. The molecule has 4 aliphatic carbocycles. The first-order chi connectivity index (χ1) is 56.3. The van der Waals surface area contributed by atoms with Crippen molar-refractivity contribution < 1.29 is 27.2 Å². The average molecular weight is 1640 g/mol. The Morgan fingerprint density at radius 2 is 0.940 bits per heavy atom. The van der Waals surface area contributed by atoms with Crippen LogP contribution in [0.3, 0.4) is 0 Å².